The molecule has 0 spiro atoms. The minimum absolute atomic E-state index is 0.0481. The quantitative estimate of drug-likeness (QED) is 0.869. The fourth-order valence-corrected chi connectivity index (χ4v) is 3.24. The van der Waals surface area contributed by atoms with Crippen LogP contribution < -0.4 is 4.74 Å². The van der Waals surface area contributed by atoms with E-state index in [1.807, 2.05) is 49.1 Å². The van der Waals surface area contributed by atoms with Gasteiger partial charge in [-0.25, -0.2) is 0 Å². The van der Waals surface area contributed by atoms with E-state index in [-0.39, 0.29) is 18.6 Å². The third-order valence-electron chi connectivity index (χ3n) is 4.41. The number of likely N-dealkylation sites (tertiary alicyclic amines) is 1. The van der Waals surface area contributed by atoms with Gasteiger partial charge in [0.25, 0.3) is 5.91 Å². The number of hydrogen-bond donors (Lipinski definition) is 0. The predicted octanol–water partition coefficient (Wildman–Crippen LogP) is 3.44. The largest absolute Gasteiger partial charge is 0.483 e. The number of carbonyl (C=O) groups is 1. The summed E-state index contributed by atoms with van der Waals surface area (Å²) in [5.74, 6) is 0.868. The maximum absolute atomic E-state index is 12.6. The van der Waals surface area contributed by atoms with Crippen LogP contribution in [-0.2, 0) is 4.79 Å². The van der Waals surface area contributed by atoms with E-state index < -0.39 is 0 Å². The molecule has 2 heterocycles. The van der Waals surface area contributed by atoms with E-state index in [2.05, 4.69) is 4.98 Å². The Bertz CT molecular complexity index is 665. The Labute approximate surface area is 137 Å². The van der Waals surface area contributed by atoms with Gasteiger partial charge in [-0.05, 0) is 55.5 Å². The number of nitrogens with zero attached hydrogens (tertiary/aromatic N) is 2. The Morgan fingerprint density at radius 2 is 1.91 bits per heavy atom. The maximum Gasteiger partial charge on any atom is 0.261 e. The lowest BCUT2D eigenvalue weighted by atomic mass is 10.1. The number of rotatable bonds is 4. The van der Waals surface area contributed by atoms with Gasteiger partial charge in [-0.1, -0.05) is 18.2 Å². The molecule has 1 fully saturated rings. The molecule has 3 rings (SSSR count). The van der Waals surface area contributed by atoms with Crippen LogP contribution in [-0.4, -0.2) is 28.9 Å². The van der Waals surface area contributed by atoms with Gasteiger partial charge < -0.3 is 9.64 Å². The van der Waals surface area contributed by atoms with Crippen LogP contribution in [0.3, 0.4) is 0 Å². The van der Waals surface area contributed by atoms with Crippen molar-refractivity contribution in [1.82, 2.24) is 9.88 Å². The highest BCUT2D eigenvalue weighted by Gasteiger charge is 2.30. The summed E-state index contributed by atoms with van der Waals surface area (Å²) in [4.78, 5) is 18.6. The fraction of sp³-hybridized carbons (Fsp3) is 0.368. The predicted molar refractivity (Wildman–Crippen MR) is 89.3 cm³/mol. The van der Waals surface area contributed by atoms with Gasteiger partial charge >= 0.3 is 0 Å². The number of hydrogen-bond acceptors (Lipinski definition) is 3. The highest BCUT2D eigenvalue weighted by atomic mass is 16.5. The van der Waals surface area contributed by atoms with E-state index in [9.17, 15) is 4.79 Å². The van der Waals surface area contributed by atoms with Crippen LogP contribution in [0.4, 0.5) is 0 Å². The monoisotopic (exact) mass is 310 g/mol. The Morgan fingerprint density at radius 1 is 1.22 bits per heavy atom. The third-order valence-corrected chi connectivity index (χ3v) is 4.41. The van der Waals surface area contributed by atoms with Crippen molar-refractivity contribution in [1.29, 1.82) is 0 Å². The normalized spacial score (nSPS) is 17.3. The average molecular weight is 310 g/mol. The van der Waals surface area contributed by atoms with Gasteiger partial charge in [0.1, 0.15) is 5.75 Å². The summed E-state index contributed by atoms with van der Waals surface area (Å²) in [7, 11) is 0. The molecule has 0 aliphatic carbocycles. The van der Waals surface area contributed by atoms with Gasteiger partial charge in [-0.3, -0.25) is 9.78 Å². The van der Waals surface area contributed by atoms with Gasteiger partial charge in [-0.15, -0.1) is 0 Å². The fourth-order valence-electron chi connectivity index (χ4n) is 3.24. The van der Waals surface area contributed by atoms with Crippen molar-refractivity contribution in [3.05, 3.63) is 59.4 Å². The second-order valence-corrected chi connectivity index (χ2v) is 6.04. The molecule has 4 heteroatoms. The number of pyridine rings is 1. The third kappa shape index (κ3) is 3.36. The summed E-state index contributed by atoms with van der Waals surface area (Å²) in [5, 5.41) is 0. The van der Waals surface area contributed by atoms with Gasteiger partial charge in [0, 0.05) is 18.9 Å². The first kappa shape index (κ1) is 15.5. The Hall–Kier alpha value is -2.36. The molecule has 23 heavy (non-hydrogen) atoms. The first-order chi connectivity index (χ1) is 11.2. The molecular formula is C19H22N2O2. The summed E-state index contributed by atoms with van der Waals surface area (Å²) >= 11 is 0. The average Bonchev–Trinajstić information content (AvgIpc) is 3.05. The maximum atomic E-state index is 12.6. The zero-order valence-electron chi connectivity index (χ0n) is 13.7. The van der Waals surface area contributed by atoms with Crippen molar-refractivity contribution in [3.63, 3.8) is 0 Å². The van der Waals surface area contributed by atoms with Crippen LogP contribution in [0.2, 0.25) is 0 Å². The van der Waals surface area contributed by atoms with Crippen LogP contribution in [0.25, 0.3) is 0 Å². The van der Waals surface area contributed by atoms with E-state index >= 15 is 0 Å². The topological polar surface area (TPSA) is 42.4 Å². The molecule has 1 aromatic heterocycles. The number of aromatic nitrogens is 1. The van der Waals surface area contributed by atoms with Gasteiger partial charge in [-0.2, -0.15) is 0 Å². The summed E-state index contributed by atoms with van der Waals surface area (Å²) in [6, 6.07) is 10.1. The lowest BCUT2D eigenvalue weighted by Crippen LogP contribution is -2.34. The van der Waals surface area contributed by atoms with E-state index in [0.29, 0.717) is 0 Å². The summed E-state index contributed by atoms with van der Waals surface area (Å²) in [5.41, 5.74) is 3.27. The van der Waals surface area contributed by atoms with E-state index in [4.69, 9.17) is 4.74 Å². The van der Waals surface area contributed by atoms with Crippen molar-refractivity contribution in [3.8, 4) is 5.75 Å². The highest BCUT2D eigenvalue weighted by molar-refractivity contribution is 5.78. The molecule has 4 nitrogen and oxygen atoms in total. The molecule has 1 aliphatic heterocycles. The van der Waals surface area contributed by atoms with E-state index in [0.717, 1.165) is 41.8 Å². The summed E-state index contributed by atoms with van der Waals surface area (Å²) < 4.78 is 5.82. The molecule has 1 unspecified atom stereocenters. The minimum Gasteiger partial charge on any atom is -0.483 e. The van der Waals surface area contributed by atoms with Crippen molar-refractivity contribution >= 4 is 5.91 Å². The lowest BCUT2D eigenvalue weighted by Gasteiger charge is -2.25. The minimum atomic E-state index is 0.0481. The number of amides is 1. The molecule has 1 aromatic carbocycles. The molecule has 1 amide bonds. The highest BCUT2D eigenvalue weighted by Crippen LogP contribution is 2.31. The molecular weight excluding hydrogens is 288 g/mol. The first-order valence-electron chi connectivity index (χ1n) is 8.05. The molecule has 0 saturated carbocycles. The number of aryl methyl sites for hydroxylation is 2. The summed E-state index contributed by atoms with van der Waals surface area (Å²) in [6.07, 6.45) is 5.59. The molecule has 1 atom stereocenters. The number of para-hydroxylation sites is 1. The molecule has 0 N–H and O–H groups in total. The number of ether oxygens (including phenoxy) is 1. The van der Waals surface area contributed by atoms with Crippen molar-refractivity contribution in [2.75, 3.05) is 13.2 Å². The Balaban J connectivity index is 1.68. The Morgan fingerprint density at radius 3 is 2.61 bits per heavy atom. The zero-order valence-corrected chi connectivity index (χ0v) is 13.7. The SMILES string of the molecule is Cc1cccc(C)c1OCC(=O)N1CCCC1c1ccncc1. The van der Waals surface area contributed by atoms with Crippen molar-refractivity contribution in [2.45, 2.75) is 32.7 Å². The smallest absolute Gasteiger partial charge is 0.261 e. The molecule has 1 aliphatic rings. The van der Waals surface area contributed by atoms with Crippen LogP contribution >= 0.6 is 0 Å². The lowest BCUT2D eigenvalue weighted by molar-refractivity contribution is -0.134. The molecule has 0 radical (unpaired) electrons. The standard InChI is InChI=1S/C19H22N2O2/c1-14-5-3-6-15(2)19(14)23-13-18(22)21-12-4-7-17(21)16-8-10-20-11-9-16/h3,5-6,8-11,17H,4,7,12-13H2,1-2H3. The molecule has 1 saturated heterocycles. The molecule has 0 bridgehead atoms. The van der Waals surface area contributed by atoms with E-state index in [1.54, 1.807) is 12.4 Å². The molecule has 2 aromatic rings. The van der Waals surface area contributed by atoms with Crippen LogP contribution in [0.5, 0.6) is 5.75 Å². The zero-order chi connectivity index (χ0) is 16.2. The Kier molecular flexibility index (Phi) is 4.60. The number of benzene rings is 1. The van der Waals surface area contributed by atoms with Gasteiger partial charge in [0.2, 0.25) is 0 Å². The molecule has 120 valence electrons. The van der Waals surface area contributed by atoms with Crippen LogP contribution in [0, 0.1) is 13.8 Å². The second-order valence-electron chi connectivity index (χ2n) is 6.04. The van der Waals surface area contributed by atoms with Gasteiger partial charge in [0.05, 0.1) is 6.04 Å². The van der Waals surface area contributed by atoms with Crippen molar-refractivity contribution < 1.29 is 9.53 Å². The first-order valence-corrected chi connectivity index (χ1v) is 8.05. The van der Waals surface area contributed by atoms with Crippen molar-refractivity contribution in [2.24, 2.45) is 0 Å². The number of carbonyl (C=O) groups excluding carboxylic acids is 1. The summed E-state index contributed by atoms with van der Waals surface area (Å²) in [6.45, 7) is 4.89. The van der Waals surface area contributed by atoms with Crippen LogP contribution in [0.15, 0.2) is 42.7 Å². The van der Waals surface area contributed by atoms with Gasteiger partial charge in [0.15, 0.2) is 6.61 Å². The second kappa shape index (κ2) is 6.82. The van der Waals surface area contributed by atoms with E-state index in [1.165, 1.54) is 0 Å². The van der Waals surface area contributed by atoms with Crippen LogP contribution in [0.1, 0.15) is 35.6 Å².